The number of hydrogen-bond donors (Lipinski definition) is 0. The first-order valence-corrected chi connectivity index (χ1v) is 10.9. The summed E-state index contributed by atoms with van der Waals surface area (Å²) >= 11 is 0. The highest BCUT2D eigenvalue weighted by Gasteiger charge is 2.24. The van der Waals surface area contributed by atoms with Crippen LogP contribution in [0, 0.1) is 12.7 Å². The lowest BCUT2D eigenvalue weighted by Gasteiger charge is -2.19. The Bertz CT molecular complexity index is 1150. The van der Waals surface area contributed by atoms with E-state index >= 15 is 0 Å². The van der Waals surface area contributed by atoms with Crippen molar-refractivity contribution in [3.05, 3.63) is 66.1 Å². The molecule has 31 heavy (non-hydrogen) atoms. The molecule has 2 aromatic heterocycles. The fourth-order valence-corrected chi connectivity index (χ4v) is 3.87. The number of aryl methyl sites for hydroxylation is 1. The van der Waals surface area contributed by atoms with Crippen molar-refractivity contribution >= 4 is 0 Å². The van der Waals surface area contributed by atoms with E-state index in [0.29, 0.717) is 11.5 Å². The van der Waals surface area contributed by atoms with E-state index in [2.05, 4.69) is 40.8 Å². The normalized spacial score (nSPS) is 12.3. The molecule has 0 N–H and O–H groups in total. The van der Waals surface area contributed by atoms with Gasteiger partial charge in [-0.15, -0.1) is 0 Å². The van der Waals surface area contributed by atoms with Gasteiger partial charge in [0.15, 0.2) is 0 Å². The summed E-state index contributed by atoms with van der Waals surface area (Å²) in [6, 6.07) is 15.3. The van der Waals surface area contributed by atoms with Gasteiger partial charge in [-0.1, -0.05) is 73.8 Å². The van der Waals surface area contributed by atoms with E-state index in [9.17, 15) is 4.39 Å². The predicted molar refractivity (Wildman–Crippen MR) is 120 cm³/mol. The molecule has 6 heteroatoms. The van der Waals surface area contributed by atoms with Crippen LogP contribution in [0.25, 0.3) is 34.1 Å². The Balaban J connectivity index is 1.81. The van der Waals surface area contributed by atoms with Crippen LogP contribution in [0.1, 0.15) is 51.1 Å². The Labute approximate surface area is 181 Å². The fourth-order valence-electron chi connectivity index (χ4n) is 3.87. The summed E-state index contributed by atoms with van der Waals surface area (Å²) in [5, 5.41) is 8.78. The third-order valence-corrected chi connectivity index (χ3v) is 5.57. The van der Waals surface area contributed by atoms with Gasteiger partial charge >= 0.3 is 0 Å². The van der Waals surface area contributed by atoms with Gasteiger partial charge in [0, 0.05) is 5.56 Å². The topological polar surface area (TPSA) is 56.7 Å². The predicted octanol–water partition coefficient (Wildman–Crippen LogP) is 6.86. The van der Waals surface area contributed by atoms with Crippen LogP contribution in [0.3, 0.4) is 0 Å². The molecule has 2 aromatic carbocycles. The molecule has 1 atom stereocenters. The Morgan fingerprint density at radius 3 is 2.61 bits per heavy atom. The molecule has 4 aromatic rings. The summed E-state index contributed by atoms with van der Waals surface area (Å²) in [6.45, 7) is 6.29. The van der Waals surface area contributed by atoms with E-state index in [1.54, 1.807) is 18.3 Å². The fraction of sp³-hybridized carbons (Fsp3) is 0.320. The first kappa shape index (κ1) is 21.0. The van der Waals surface area contributed by atoms with E-state index in [1.807, 2.05) is 25.1 Å². The number of benzene rings is 2. The maximum Gasteiger partial charge on any atom is 0.262 e. The number of nitrogens with zero attached hydrogens (tertiary/aromatic N) is 4. The quantitative estimate of drug-likeness (QED) is 0.314. The van der Waals surface area contributed by atoms with Gasteiger partial charge in [0.05, 0.1) is 29.1 Å². The smallest absolute Gasteiger partial charge is 0.262 e. The maximum atomic E-state index is 14.3. The summed E-state index contributed by atoms with van der Waals surface area (Å²) in [5.74, 6) is 0.204. The van der Waals surface area contributed by atoms with Crippen molar-refractivity contribution in [2.75, 3.05) is 0 Å². The monoisotopic (exact) mass is 418 g/mol. The molecule has 5 nitrogen and oxygen atoms in total. The van der Waals surface area contributed by atoms with Crippen LogP contribution >= 0.6 is 0 Å². The summed E-state index contributed by atoms with van der Waals surface area (Å²) < 4.78 is 22.0. The second-order valence-corrected chi connectivity index (χ2v) is 7.83. The molecule has 2 heterocycles. The number of halogens is 1. The Morgan fingerprint density at radius 2 is 1.87 bits per heavy atom. The van der Waals surface area contributed by atoms with Gasteiger partial charge in [0.2, 0.25) is 5.82 Å². The molecule has 0 fully saturated rings. The molecule has 0 amide bonds. The maximum absolute atomic E-state index is 14.3. The van der Waals surface area contributed by atoms with Crippen LogP contribution < -0.4 is 0 Å². The van der Waals surface area contributed by atoms with Crippen LogP contribution in [0.15, 0.2) is 59.3 Å². The zero-order valence-corrected chi connectivity index (χ0v) is 18.2. The lowest BCUT2D eigenvalue weighted by atomic mass is 10.0. The van der Waals surface area contributed by atoms with Gasteiger partial charge in [0.1, 0.15) is 5.82 Å². The molecule has 4 rings (SSSR count). The van der Waals surface area contributed by atoms with Gasteiger partial charge in [0.25, 0.3) is 5.89 Å². The summed E-state index contributed by atoms with van der Waals surface area (Å²) in [5.41, 5.74) is 4.00. The highest BCUT2D eigenvalue weighted by atomic mass is 19.1. The van der Waals surface area contributed by atoms with Crippen LogP contribution in [0.4, 0.5) is 4.39 Å². The molecule has 0 aliphatic carbocycles. The van der Waals surface area contributed by atoms with Crippen molar-refractivity contribution < 1.29 is 8.91 Å². The molecule has 0 bridgehead atoms. The molecule has 0 saturated heterocycles. The first-order chi connectivity index (χ1) is 15.1. The number of unbranched alkanes of at least 4 members (excludes halogenated alkanes) is 1. The minimum absolute atomic E-state index is 0.237. The standard InChI is InChI=1S/C25H27FN4O/c1-4-6-12-19(5-2)30-23(18-10-8-7-9-11-18)21(16-27-30)25-28-24(29-31-25)20-15-17(3)13-14-22(20)26/h7-11,13-16,19H,4-6,12H2,1-3H3. The third kappa shape index (κ3) is 4.29. The van der Waals surface area contributed by atoms with Crippen molar-refractivity contribution in [2.45, 2.75) is 52.5 Å². The average Bonchev–Trinajstić information content (AvgIpc) is 3.44. The minimum atomic E-state index is -0.373. The van der Waals surface area contributed by atoms with Crippen LogP contribution in [0.2, 0.25) is 0 Å². The Kier molecular flexibility index (Phi) is 6.26. The molecule has 0 aliphatic rings. The van der Waals surface area contributed by atoms with E-state index in [4.69, 9.17) is 9.62 Å². The van der Waals surface area contributed by atoms with E-state index in [0.717, 1.165) is 48.1 Å². The molecule has 0 saturated carbocycles. The van der Waals surface area contributed by atoms with E-state index in [-0.39, 0.29) is 17.7 Å². The molecular weight excluding hydrogens is 391 g/mol. The van der Waals surface area contributed by atoms with Crippen LogP contribution in [0.5, 0.6) is 0 Å². The first-order valence-electron chi connectivity index (χ1n) is 10.9. The second kappa shape index (κ2) is 9.25. The number of rotatable bonds is 8. The van der Waals surface area contributed by atoms with Crippen molar-refractivity contribution in [2.24, 2.45) is 0 Å². The summed E-state index contributed by atoms with van der Waals surface area (Å²) in [6.07, 6.45) is 6.09. The van der Waals surface area contributed by atoms with Crippen molar-refractivity contribution in [3.8, 4) is 34.1 Å². The largest absolute Gasteiger partial charge is 0.333 e. The van der Waals surface area contributed by atoms with E-state index < -0.39 is 0 Å². The molecule has 0 aliphatic heterocycles. The lowest BCUT2D eigenvalue weighted by molar-refractivity contribution is 0.404. The minimum Gasteiger partial charge on any atom is -0.333 e. The van der Waals surface area contributed by atoms with Gasteiger partial charge < -0.3 is 4.52 Å². The summed E-state index contributed by atoms with van der Waals surface area (Å²) in [7, 11) is 0. The third-order valence-electron chi connectivity index (χ3n) is 5.57. The molecule has 0 radical (unpaired) electrons. The number of aromatic nitrogens is 4. The molecule has 1 unspecified atom stereocenters. The zero-order valence-electron chi connectivity index (χ0n) is 18.2. The Morgan fingerprint density at radius 1 is 1.06 bits per heavy atom. The van der Waals surface area contributed by atoms with Gasteiger partial charge in [-0.3, -0.25) is 4.68 Å². The highest BCUT2D eigenvalue weighted by molar-refractivity contribution is 5.77. The van der Waals surface area contributed by atoms with Gasteiger partial charge in [-0.05, 0) is 31.9 Å². The van der Waals surface area contributed by atoms with Gasteiger partial charge in [-0.2, -0.15) is 10.1 Å². The second-order valence-electron chi connectivity index (χ2n) is 7.83. The van der Waals surface area contributed by atoms with Crippen molar-refractivity contribution in [3.63, 3.8) is 0 Å². The molecule has 0 spiro atoms. The van der Waals surface area contributed by atoms with E-state index in [1.165, 1.54) is 6.07 Å². The van der Waals surface area contributed by atoms with Gasteiger partial charge in [-0.25, -0.2) is 4.39 Å². The highest BCUT2D eigenvalue weighted by Crippen LogP contribution is 2.36. The Hall–Kier alpha value is -3.28. The van der Waals surface area contributed by atoms with Crippen LogP contribution in [-0.2, 0) is 0 Å². The van der Waals surface area contributed by atoms with Crippen LogP contribution in [-0.4, -0.2) is 19.9 Å². The number of hydrogen-bond acceptors (Lipinski definition) is 4. The average molecular weight is 419 g/mol. The molecular formula is C25H27FN4O. The van der Waals surface area contributed by atoms with Crippen molar-refractivity contribution in [1.29, 1.82) is 0 Å². The lowest BCUT2D eigenvalue weighted by Crippen LogP contribution is -2.11. The SMILES string of the molecule is CCCCC(CC)n1ncc(-c2nc(-c3cc(C)ccc3F)no2)c1-c1ccccc1. The summed E-state index contributed by atoms with van der Waals surface area (Å²) in [4.78, 5) is 4.53. The molecule has 160 valence electrons. The van der Waals surface area contributed by atoms with Crippen molar-refractivity contribution in [1.82, 2.24) is 19.9 Å². The zero-order chi connectivity index (χ0) is 21.8.